The predicted molar refractivity (Wildman–Crippen MR) is 109 cm³/mol. The lowest BCUT2D eigenvalue weighted by Crippen LogP contribution is -2.61. The van der Waals surface area contributed by atoms with Gasteiger partial charge in [0.05, 0.1) is 19.1 Å². The molecule has 0 aromatic heterocycles. The number of methoxy groups -OCH3 is 1. The minimum atomic E-state index is -0.0269. The highest BCUT2D eigenvalue weighted by molar-refractivity contribution is 5.82. The third-order valence-electron chi connectivity index (χ3n) is 5.75. The van der Waals surface area contributed by atoms with E-state index in [-0.39, 0.29) is 17.9 Å². The molecule has 142 valence electrons. The molecule has 0 saturated carbocycles. The Bertz CT molecular complexity index is 805. The van der Waals surface area contributed by atoms with Crippen LogP contribution in [0.1, 0.15) is 12.5 Å². The van der Waals surface area contributed by atoms with E-state index in [0.717, 1.165) is 31.8 Å². The second-order valence-electron chi connectivity index (χ2n) is 7.24. The van der Waals surface area contributed by atoms with Gasteiger partial charge in [-0.15, -0.1) is 0 Å². The lowest BCUT2D eigenvalue weighted by atomic mass is 9.83. The summed E-state index contributed by atoms with van der Waals surface area (Å²) in [6.07, 6.45) is 0.805. The van der Waals surface area contributed by atoms with Crippen LogP contribution in [-0.4, -0.2) is 45.2 Å². The summed E-state index contributed by atoms with van der Waals surface area (Å²) >= 11 is 0. The first kappa shape index (κ1) is 17.7. The molecule has 0 bridgehead atoms. The summed E-state index contributed by atoms with van der Waals surface area (Å²) in [4.78, 5) is 17.6. The van der Waals surface area contributed by atoms with Crippen LogP contribution in [-0.2, 0) is 11.2 Å². The van der Waals surface area contributed by atoms with E-state index in [1.54, 1.807) is 7.11 Å². The predicted octanol–water partition coefficient (Wildman–Crippen LogP) is 2.70. The van der Waals surface area contributed by atoms with Crippen LogP contribution in [0.3, 0.4) is 0 Å². The number of rotatable bonds is 4. The fraction of sp³-hybridized carbons (Fsp3) is 0.409. The zero-order chi connectivity index (χ0) is 18.8. The average Bonchev–Trinajstić information content (AvgIpc) is 2.73. The number of carbonyl (C=O) groups is 1. The molecular formula is C22H27N3O2. The quantitative estimate of drug-likeness (QED) is 0.905. The number of hydrogen-bond donors (Lipinski definition) is 1. The van der Waals surface area contributed by atoms with Crippen molar-refractivity contribution in [2.24, 2.45) is 5.92 Å². The Morgan fingerprint density at radius 3 is 2.67 bits per heavy atom. The maximum Gasteiger partial charge on any atom is 0.225 e. The molecule has 0 radical (unpaired) electrons. The van der Waals surface area contributed by atoms with E-state index >= 15 is 0 Å². The summed E-state index contributed by atoms with van der Waals surface area (Å²) in [6, 6.07) is 16.9. The summed E-state index contributed by atoms with van der Waals surface area (Å²) in [7, 11) is 1.68. The van der Waals surface area contributed by atoms with Gasteiger partial charge in [-0.25, -0.2) is 0 Å². The summed E-state index contributed by atoms with van der Waals surface area (Å²) < 4.78 is 5.28. The van der Waals surface area contributed by atoms with Crippen molar-refractivity contribution >= 4 is 17.3 Å². The molecule has 4 rings (SSSR count). The third kappa shape index (κ3) is 3.34. The van der Waals surface area contributed by atoms with E-state index in [1.165, 1.54) is 16.9 Å². The smallest absolute Gasteiger partial charge is 0.225 e. The molecule has 5 nitrogen and oxygen atoms in total. The Balaban J connectivity index is 1.62. The highest BCUT2D eigenvalue weighted by atomic mass is 16.5. The van der Waals surface area contributed by atoms with Crippen LogP contribution in [0.4, 0.5) is 11.4 Å². The van der Waals surface area contributed by atoms with Gasteiger partial charge in [0, 0.05) is 37.6 Å². The molecule has 1 saturated heterocycles. The molecule has 2 heterocycles. The minimum absolute atomic E-state index is 0.0269. The SMILES string of the molecule is CCNC(=O)[C@@H]1Cc2ccccc2N2CCN(c3ccc(OC)cc3)C[C@@H]12. The van der Waals surface area contributed by atoms with Crippen LogP contribution in [0.25, 0.3) is 0 Å². The lowest BCUT2D eigenvalue weighted by Gasteiger charge is -2.49. The van der Waals surface area contributed by atoms with E-state index in [4.69, 9.17) is 4.74 Å². The van der Waals surface area contributed by atoms with Crippen LogP contribution in [0.2, 0.25) is 0 Å². The molecule has 2 aromatic rings. The van der Waals surface area contributed by atoms with Gasteiger partial charge in [0.2, 0.25) is 5.91 Å². The van der Waals surface area contributed by atoms with Gasteiger partial charge in [-0.3, -0.25) is 4.79 Å². The van der Waals surface area contributed by atoms with E-state index < -0.39 is 0 Å². The molecule has 2 aromatic carbocycles. The second kappa shape index (κ2) is 7.51. The highest BCUT2D eigenvalue weighted by Gasteiger charge is 2.41. The number of para-hydroxylation sites is 1. The molecule has 0 spiro atoms. The molecule has 5 heteroatoms. The van der Waals surface area contributed by atoms with Gasteiger partial charge in [-0.05, 0) is 49.2 Å². The van der Waals surface area contributed by atoms with Gasteiger partial charge < -0.3 is 19.9 Å². The van der Waals surface area contributed by atoms with Crippen LogP contribution >= 0.6 is 0 Å². The maximum absolute atomic E-state index is 12.8. The number of amides is 1. The number of fused-ring (bicyclic) bond motifs is 3. The maximum atomic E-state index is 12.8. The van der Waals surface area contributed by atoms with Crippen molar-refractivity contribution in [3.8, 4) is 5.75 Å². The number of ether oxygens (including phenoxy) is 1. The molecule has 1 amide bonds. The molecule has 0 aliphatic carbocycles. The average molecular weight is 365 g/mol. The van der Waals surface area contributed by atoms with E-state index in [2.05, 4.69) is 51.5 Å². The lowest BCUT2D eigenvalue weighted by molar-refractivity contribution is -0.125. The Kier molecular flexibility index (Phi) is 4.92. The fourth-order valence-electron chi connectivity index (χ4n) is 4.39. The van der Waals surface area contributed by atoms with Crippen LogP contribution < -0.4 is 19.9 Å². The normalized spacial score (nSPS) is 21.3. The van der Waals surface area contributed by atoms with Crippen molar-refractivity contribution in [2.75, 3.05) is 43.1 Å². The molecule has 2 aliphatic heterocycles. The zero-order valence-electron chi connectivity index (χ0n) is 16.0. The molecule has 2 atom stereocenters. The number of benzene rings is 2. The number of nitrogens with one attached hydrogen (secondary N) is 1. The Morgan fingerprint density at radius 2 is 1.93 bits per heavy atom. The summed E-state index contributed by atoms with van der Waals surface area (Å²) in [5, 5.41) is 3.05. The first-order valence-electron chi connectivity index (χ1n) is 9.72. The van der Waals surface area contributed by atoms with Crippen LogP contribution in [0, 0.1) is 5.92 Å². The summed E-state index contributed by atoms with van der Waals surface area (Å²) in [5.74, 6) is 1.00. The van der Waals surface area contributed by atoms with Crippen molar-refractivity contribution in [2.45, 2.75) is 19.4 Å². The number of carbonyl (C=O) groups excluding carboxylic acids is 1. The number of nitrogens with zero attached hydrogens (tertiary/aromatic N) is 2. The fourth-order valence-corrected chi connectivity index (χ4v) is 4.39. The Morgan fingerprint density at radius 1 is 1.15 bits per heavy atom. The Labute approximate surface area is 160 Å². The molecule has 1 fully saturated rings. The van der Waals surface area contributed by atoms with Crippen LogP contribution in [0.15, 0.2) is 48.5 Å². The Hall–Kier alpha value is -2.69. The number of anilines is 2. The van der Waals surface area contributed by atoms with Gasteiger partial charge in [-0.2, -0.15) is 0 Å². The molecule has 0 unspecified atom stereocenters. The van der Waals surface area contributed by atoms with Crippen molar-refractivity contribution in [3.63, 3.8) is 0 Å². The second-order valence-corrected chi connectivity index (χ2v) is 7.24. The van der Waals surface area contributed by atoms with Gasteiger partial charge in [0.1, 0.15) is 5.75 Å². The minimum Gasteiger partial charge on any atom is -0.497 e. The third-order valence-corrected chi connectivity index (χ3v) is 5.75. The first-order valence-corrected chi connectivity index (χ1v) is 9.72. The van der Waals surface area contributed by atoms with E-state index in [1.807, 2.05) is 19.1 Å². The largest absolute Gasteiger partial charge is 0.497 e. The summed E-state index contributed by atoms with van der Waals surface area (Å²) in [6.45, 7) is 5.37. The van der Waals surface area contributed by atoms with Gasteiger partial charge in [0.25, 0.3) is 0 Å². The number of piperazine rings is 1. The van der Waals surface area contributed by atoms with Crippen molar-refractivity contribution in [3.05, 3.63) is 54.1 Å². The molecule has 2 aliphatic rings. The van der Waals surface area contributed by atoms with Gasteiger partial charge >= 0.3 is 0 Å². The van der Waals surface area contributed by atoms with E-state index in [0.29, 0.717) is 6.54 Å². The molecule has 27 heavy (non-hydrogen) atoms. The number of hydrogen-bond acceptors (Lipinski definition) is 4. The van der Waals surface area contributed by atoms with Crippen molar-refractivity contribution in [1.82, 2.24) is 5.32 Å². The topological polar surface area (TPSA) is 44.8 Å². The van der Waals surface area contributed by atoms with Gasteiger partial charge in [-0.1, -0.05) is 18.2 Å². The molecular weight excluding hydrogens is 338 g/mol. The monoisotopic (exact) mass is 365 g/mol. The van der Waals surface area contributed by atoms with Crippen LogP contribution in [0.5, 0.6) is 5.75 Å². The molecule has 1 N–H and O–H groups in total. The van der Waals surface area contributed by atoms with Crippen molar-refractivity contribution in [1.29, 1.82) is 0 Å². The highest BCUT2D eigenvalue weighted by Crippen LogP contribution is 2.37. The van der Waals surface area contributed by atoms with Gasteiger partial charge in [0.15, 0.2) is 0 Å². The van der Waals surface area contributed by atoms with Crippen molar-refractivity contribution < 1.29 is 9.53 Å². The summed E-state index contributed by atoms with van der Waals surface area (Å²) in [5.41, 5.74) is 3.75. The standard InChI is InChI=1S/C22H27N3O2/c1-3-23-22(26)19-14-16-6-4-5-7-20(16)25-13-12-24(15-21(19)25)17-8-10-18(27-2)11-9-17/h4-11,19,21H,3,12-15H2,1-2H3,(H,23,26)/t19-,21+/m1/s1. The zero-order valence-corrected chi connectivity index (χ0v) is 16.0. The first-order chi connectivity index (χ1) is 13.2. The van der Waals surface area contributed by atoms with E-state index in [9.17, 15) is 4.79 Å².